The summed E-state index contributed by atoms with van der Waals surface area (Å²) in [6, 6.07) is 21.7. The van der Waals surface area contributed by atoms with Gasteiger partial charge in [0.25, 0.3) is 0 Å². The van der Waals surface area contributed by atoms with Crippen molar-refractivity contribution in [1.82, 2.24) is 10.3 Å². The Bertz CT molecular complexity index is 1230. The van der Waals surface area contributed by atoms with Gasteiger partial charge in [0.2, 0.25) is 0 Å². The van der Waals surface area contributed by atoms with Gasteiger partial charge in [0.15, 0.2) is 11.5 Å². The molecule has 1 heterocycles. The summed E-state index contributed by atoms with van der Waals surface area (Å²) in [6.07, 6.45) is 2.97. The lowest BCUT2D eigenvalue weighted by atomic mass is 9.90. The third-order valence-electron chi connectivity index (χ3n) is 5.89. The number of methoxy groups -OCH3 is 2. The van der Waals surface area contributed by atoms with E-state index < -0.39 is 0 Å². The summed E-state index contributed by atoms with van der Waals surface area (Å²) < 4.78 is 10.9. The summed E-state index contributed by atoms with van der Waals surface area (Å²) >= 11 is 0. The van der Waals surface area contributed by atoms with Gasteiger partial charge in [-0.05, 0) is 53.4 Å². The number of aromatic amines is 1. The fourth-order valence-electron chi connectivity index (χ4n) is 4.05. The summed E-state index contributed by atoms with van der Waals surface area (Å²) in [6.45, 7) is 2.52. The topological polar surface area (TPSA) is 75.4 Å². The van der Waals surface area contributed by atoms with Gasteiger partial charge in [-0.25, -0.2) is 4.79 Å². The average molecular weight is 444 g/mol. The van der Waals surface area contributed by atoms with E-state index in [0.717, 1.165) is 34.1 Å². The molecule has 2 amide bonds. The number of aryl methyl sites for hydroxylation is 1. The first kappa shape index (κ1) is 22.3. The Kier molecular flexibility index (Phi) is 6.83. The zero-order valence-corrected chi connectivity index (χ0v) is 19.1. The van der Waals surface area contributed by atoms with Crippen molar-refractivity contribution >= 4 is 22.6 Å². The highest BCUT2D eigenvalue weighted by Gasteiger charge is 2.21. The van der Waals surface area contributed by atoms with Crippen LogP contribution in [0.4, 0.5) is 10.5 Å². The fraction of sp³-hybridized carbons (Fsp3) is 0.222. The summed E-state index contributed by atoms with van der Waals surface area (Å²) in [7, 11) is 3.24. The molecule has 170 valence electrons. The first-order valence-corrected chi connectivity index (χ1v) is 11.0. The number of benzene rings is 3. The van der Waals surface area contributed by atoms with Gasteiger partial charge in [-0.3, -0.25) is 0 Å². The Morgan fingerprint density at radius 3 is 2.45 bits per heavy atom. The highest BCUT2D eigenvalue weighted by atomic mass is 16.5. The average Bonchev–Trinajstić information content (AvgIpc) is 3.28. The zero-order valence-electron chi connectivity index (χ0n) is 19.1. The largest absolute Gasteiger partial charge is 0.493 e. The molecule has 0 radical (unpaired) electrons. The van der Waals surface area contributed by atoms with Crippen molar-refractivity contribution in [1.29, 1.82) is 0 Å². The molecule has 1 unspecified atom stereocenters. The van der Waals surface area contributed by atoms with Gasteiger partial charge in [-0.2, -0.15) is 0 Å². The van der Waals surface area contributed by atoms with Crippen LogP contribution in [0, 0.1) is 0 Å². The van der Waals surface area contributed by atoms with Crippen LogP contribution in [0.25, 0.3) is 10.9 Å². The van der Waals surface area contributed by atoms with Crippen molar-refractivity contribution in [3.8, 4) is 11.5 Å². The van der Waals surface area contributed by atoms with Crippen molar-refractivity contribution in [3.05, 3.63) is 89.6 Å². The van der Waals surface area contributed by atoms with E-state index in [1.807, 2.05) is 66.9 Å². The van der Waals surface area contributed by atoms with E-state index in [1.54, 1.807) is 14.2 Å². The number of rotatable bonds is 8. The van der Waals surface area contributed by atoms with Crippen molar-refractivity contribution in [2.75, 3.05) is 26.1 Å². The summed E-state index contributed by atoms with van der Waals surface area (Å²) in [5, 5.41) is 7.08. The molecule has 3 N–H and O–H groups in total. The number of hydrogen-bond acceptors (Lipinski definition) is 3. The highest BCUT2D eigenvalue weighted by molar-refractivity contribution is 5.89. The van der Waals surface area contributed by atoms with Crippen LogP contribution in [0.15, 0.2) is 72.9 Å². The number of H-pyrrole nitrogens is 1. The highest BCUT2D eigenvalue weighted by Crippen LogP contribution is 2.35. The van der Waals surface area contributed by atoms with Gasteiger partial charge in [0.1, 0.15) is 0 Å². The number of carbonyl (C=O) groups is 1. The molecule has 0 aliphatic heterocycles. The van der Waals surface area contributed by atoms with Crippen molar-refractivity contribution < 1.29 is 14.3 Å². The SMILES string of the molecule is CCc1ccc(NC(=O)NCC(c2ccc(OC)c(OC)c2)c2c[nH]c3ccccc23)cc1. The number of hydrogen-bond donors (Lipinski definition) is 3. The standard InChI is InChI=1S/C27H29N3O3/c1-4-18-9-12-20(13-10-18)30-27(31)29-16-22(19-11-14-25(32-2)26(15-19)33-3)23-17-28-24-8-6-5-7-21(23)24/h5-15,17,22,28H,4,16H2,1-3H3,(H2,29,30,31). The molecule has 6 heteroatoms. The second-order valence-electron chi connectivity index (χ2n) is 7.84. The van der Waals surface area contributed by atoms with Crippen LogP contribution in [0.3, 0.4) is 0 Å². The Morgan fingerprint density at radius 2 is 1.73 bits per heavy atom. The lowest BCUT2D eigenvalue weighted by molar-refractivity contribution is 0.252. The summed E-state index contributed by atoms with van der Waals surface area (Å²) in [4.78, 5) is 16.0. The van der Waals surface area contributed by atoms with E-state index in [0.29, 0.717) is 18.0 Å². The monoisotopic (exact) mass is 443 g/mol. The molecule has 3 aromatic carbocycles. The van der Waals surface area contributed by atoms with E-state index in [2.05, 4.69) is 28.6 Å². The summed E-state index contributed by atoms with van der Waals surface area (Å²) in [5.41, 5.74) is 5.17. The van der Waals surface area contributed by atoms with Crippen molar-refractivity contribution in [2.24, 2.45) is 0 Å². The molecule has 0 aliphatic rings. The minimum absolute atomic E-state index is 0.0887. The molecular formula is C27H29N3O3. The molecule has 0 saturated heterocycles. The van der Waals surface area contributed by atoms with Crippen LogP contribution in [0.5, 0.6) is 11.5 Å². The molecule has 0 fully saturated rings. The van der Waals surface area contributed by atoms with E-state index in [9.17, 15) is 4.79 Å². The lowest BCUT2D eigenvalue weighted by Crippen LogP contribution is -2.32. The molecular weight excluding hydrogens is 414 g/mol. The molecule has 33 heavy (non-hydrogen) atoms. The number of anilines is 1. The number of nitrogens with one attached hydrogen (secondary N) is 3. The molecule has 6 nitrogen and oxygen atoms in total. The quantitative estimate of drug-likeness (QED) is 0.327. The number of aromatic nitrogens is 1. The predicted octanol–water partition coefficient (Wildman–Crippen LogP) is 5.70. The first-order chi connectivity index (χ1) is 16.1. The Labute approximate surface area is 193 Å². The number of urea groups is 1. The Hall–Kier alpha value is -3.93. The minimum Gasteiger partial charge on any atom is -0.493 e. The van der Waals surface area contributed by atoms with Gasteiger partial charge in [0.05, 0.1) is 14.2 Å². The molecule has 0 saturated carbocycles. The fourth-order valence-corrected chi connectivity index (χ4v) is 4.05. The van der Waals surface area contributed by atoms with Gasteiger partial charge in [-0.15, -0.1) is 0 Å². The zero-order chi connectivity index (χ0) is 23.2. The maximum Gasteiger partial charge on any atom is 0.319 e. The van der Waals surface area contributed by atoms with Crippen LogP contribution in [-0.4, -0.2) is 31.8 Å². The Morgan fingerprint density at radius 1 is 0.970 bits per heavy atom. The maximum atomic E-state index is 12.7. The van der Waals surface area contributed by atoms with Crippen LogP contribution in [-0.2, 0) is 6.42 Å². The molecule has 4 rings (SSSR count). The molecule has 4 aromatic rings. The molecule has 1 aromatic heterocycles. The number of carbonyl (C=O) groups excluding carboxylic acids is 1. The van der Waals surface area contributed by atoms with Crippen molar-refractivity contribution in [2.45, 2.75) is 19.3 Å². The second-order valence-corrected chi connectivity index (χ2v) is 7.84. The summed E-state index contributed by atoms with van der Waals surface area (Å²) in [5.74, 6) is 1.23. The van der Waals surface area contributed by atoms with E-state index in [4.69, 9.17) is 9.47 Å². The van der Waals surface area contributed by atoms with Crippen molar-refractivity contribution in [3.63, 3.8) is 0 Å². The van der Waals surface area contributed by atoms with Crippen LogP contribution >= 0.6 is 0 Å². The van der Waals surface area contributed by atoms with E-state index >= 15 is 0 Å². The third-order valence-corrected chi connectivity index (χ3v) is 5.89. The Balaban J connectivity index is 1.59. The van der Waals surface area contributed by atoms with E-state index in [-0.39, 0.29) is 11.9 Å². The van der Waals surface area contributed by atoms with E-state index in [1.165, 1.54) is 5.56 Å². The normalized spacial score (nSPS) is 11.7. The third kappa shape index (κ3) is 4.95. The molecule has 0 bridgehead atoms. The van der Waals surface area contributed by atoms with Gasteiger partial charge in [0, 0.05) is 35.2 Å². The lowest BCUT2D eigenvalue weighted by Gasteiger charge is -2.20. The molecule has 0 aliphatic carbocycles. The minimum atomic E-state index is -0.246. The number of para-hydroxylation sites is 1. The predicted molar refractivity (Wildman–Crippen MR) is 133 cm³/mol. The number of amides is 2. The maximum absolute atomic E-state index is 12.7. The van der Waals surface area contributed by atoms with Gasteiger partial charge >= 0.3 is 6.03 Å². The molecule has 0 spiro atoms. The first-order valence-electron chi connectivity index (χ1n) is 11.0. The van der Waals surface area contributed by atoms with Gasteiger partial charge in [-0.1, -0.05) is 43.3 Å². The number of ether oxygens (including phenoxy) is 2. The van der Waals surface area contributed by atoms with Crippen LogP contribution in [0.1, 0.15) is 29.5 Å². The molecule has 1 atom stereocenters. The number of fused-ring (bicyclic) bond motifs is 1. The van der Waals surface area contributed by atoms with Crippen LogP contribution < -0.4 is 20.1 Å². The van der Waals surface area contributed by atoms with Gasteiger partial charge < -0.3 is 25.1 Å². The smallest absolute Gasteiger partial charge is 0.319 e. The van der Waals surface area contributed by atoms with Crippen LogP contribution in [0.2, 0.25) is 0 Å². The second kappa shape index (κ2) is 10.1.